The lowest BCUT2D eigenvalue weighted by Crippen LogP contribution is -2.50. The van der Waals surface area contributed by atoms with Crippen molar-refractivity contribution in [2.75, 3.05) is 7.11 Å². The highest BCUT2D eigenvalue weighted by molar-refractivity contribution is 5.90. The number of ether oxygens (including phenoxy) is 1. The van der Waals surface area contributed by atoms with Gasteiger partial charge in [-0.15, -0.1) is 0 Å². The first-order valence-corrected chi connectivity index (χ1v) is 6.40. The van der Waals surface area contributed by atoms with Gasteiger partial charge in [-0.3, -0.25) is 9.59 Å². The Morgan fingerprint density at radius 2 is 1.86 bits per heavy atom. The second-order valence-corrected chi connectivity index (χ2v) is 4.55. The number of carbonyl (C=O) groups excluding carboxylic acids is 3. The molecular weight excluding hydrogens is 274 g/mol. The molecule has 2 amide bonds. The number of hydrogen-bond donors (Lipinski definition) is 3. The molecule has 0 saturated heterocycles. The molecule has 5 N–H and O–H groups in total. The van der Waals surface area contributed by atoms with Crippen molar-refractivity contribution in [1.82, 2.24) is 5.32 Å². The number of amides is 2. The molecule has 0 heterocycles. The van der Waals surface area contributed by atoms with E-state index >= 15 is 0 Å². The summed E-state index contributed by atoms with van der Waals surface area (Å²) in [5.41, 5.74) is 11.7. The molecule has 0 radical (unpaired) electrons. The van der Waals surface area contributed by atoms with E-state index in [1.165, 1.54) is 0 Å². The van der Waals surface area contributed by atoms with E-state index in [9.17, 15) is 14.4 Å². The normalized spacial score (nSPS) is 13.0. The highest BCUT2D eigenvalue weighted by atomic mass is 16.5. The molecule has 1 aromatic carbocycles. The van der Waals surface area contributed by atoms with E-state index in [0.29, 0.717) is 6.42 Å². The predicted molar refractivity (Wildman–Crippen MR) is 75.9 cm³/mol. The van der Waals surface area contributed by atoms with Crippen LogP contribution >= 0.6 is 0 Å². The van der Waals surface area contributed by atoms with E-state index in [1.54, 1.807) is 0 Å². The average Bonchev–Trinajstić information content (AvgIpc) is 2.46. The third-order valence-electron chi connectivity index (χ3n) is 2.84. The van der Waals surface area contributed by atoms with Crippen molar-refractivity contribution in [2.45, 2.75) is 24.9 Å². The fourth-order valence-corrected chi connectivity index (χ4v) is 1.78. The monoisotopic (exact) mass is 293 g/mol. The molecule has 0 aliphatic heterocycles. The lowest BCUT2D eigenvalue weighted by molar-refractivity contribution is -0.146. The molecule has 0 unspecified atom stereocenters. The van der Waals surface area contributed by atoms with Crippen LogP contribution in [0.25, 0.3) is 0 Å². The van der Waals surface area contributed by atoms with Crippen LogP contribution in [0.15, 0.2) is 30.3 Å². The molecule has 7 nitrogen and oxygen atoms in total. The number of nitrogens with two attached hydrogens (primary N) is 2. The largest absolute Gasteiger partial charge is 0.467 e. The number of esters is 1. The molecule has 114 valence electrons. The number of methoxy groups -OCH3 is 1. The van der Waals surface area contributed by atoms with Gasteiger partial charge in [0.15, 0.2) is 0 Å². The summed E-state index contributed by atoms with van der Waals surface area (Å²) in [7, 11) is 1.16. The highest BCUT2D eigenvalue weighted by Crippen LogP contribution is 2.03. The Morgan fingerprint density at radius 3 is 2.38 bits per heavy atom. The zero-order chi connectivity index (χ0) is 15.8. The van der Waals surface area contributed by atoms with Crippen LogP contribution in [0, 0.1) is 0 Å². The summed E-state index contributed by atoms with van der Waals surface area (Å²) >= 11 is 0. The van der Waals surface area contributed by atoms with Gasteiger partial charge in [-0.1, -0.05) is 30.3 Å². The molecule has 0 bridgehead atoms. The van der Waals surface area contributed by atoms with Gasteiger partial charge in [-0.2, -0.15) is 0 Å². The van der Waals surface area contributed by atoms with Crippen LogP contribution in [0.3, 0.4) is 0 Å². The summed E-state index contributed by atoms with van der Waals surface area (Å²) in [5.74, 6) is -2.01. The minimum absolute atomic E-state index is 0.317. The van der Waals surface area contributed by atoms with E-state index in [1.807, 2.05) is 30.3 Å². The third-order valence-corrected chi connectivity index (χ3v) is 2.84. The van der Waals surface area contributed by atoms with E-state index in [-0.39, 0.29) is 6.42 Å². The molecular formula is C14H19N3O4. The Bertz CT molecular complexity index is 504. The minimum atomic E-state index is -1.12. The van der Waals surface area contributed by atoms with Gasteiger partial charge in [0.05, 0.1) is 19.6 Å². The topological polar surface area (TPSA) is 125 Å². The van der Waals surface area contributed by atoms with E-state index in [0.717, 1.165) is 12.7 Å². The number of nitrogens with one attached hydrogen (secondary N) is 1. The van der Waals surface area contributed by atoms with E-state index in [4.69, 9.17) is 11.5 Å². The summed E-state index contributed by atoms with van der Waals surface area (Å²) < 4.78 is 4.51. The van der Waals surface area contributed by atoms with Crippen molar-refractivity contribution in [1.29, 1.82) is 0 Å². The summed E-state index contributed by atoms with van der Waals surface area (Å²) in [6, 6.07) is 7.25. The zero-order valence-corrected chi connectivity index (χ0v) is 11.7. The highest BCUT2D eigenvalue weighted by Gasteiger charge is 2.26. The quantitative estimate of drug-likeness (QED) is 0.561. The molecule has 1 aromatic rings. The molecule has 0 fully saturated rings. The zero-order valence-electron chi connectivity index (χ0n) is 11.7. The van der Waals surface area contributed by atoms with Gasteiger partial charge in [0.1, 0.15) is 6.04 Å². The predicted octanol–water partition coefficient (Wildman–Crippen LogP) is -0.910. The minimum Gasteiger partial charge on any atom is -0.467 e. The fraction of sp³-hybridized carbons (Fsp3) is 0.357. The summed E-state index contributed by atoms with van der Waals surface area (Å²) in [6.07, 6.45) is -0.0202. The van der Waals surface area contributed by atoms with Gasteiger partial charge in [-0.05, 0) is 12.0 Å². The average molecular weight is 293 g/mol. The molecule has 21 heavy (non-hydrogen) atoms. The molecule has 0 saturated carbocycles. The maximum atomic E-state index is 12.0. The van der Waals surface area contributed by atoms with Crippen molar-refractivity contribution in [3.8, 4) is 0 Å². The first-order valence-electron chi connectivity index (χ1n) is 6.40. The Labute approximate surface area is 122 Å². The van der Waals surface area contributed by atoms with E-state index < -0.39 is 29.9 Å². The van der Waals surface area contributed by atoms with Gasteiger partial charge in [0, 0.05) is 0 Å². The van der Waals surface area contributed by atoms with Gasteiger partial charge >= 0.3 is 5.97 Å². The molecule has 0 aliphatic rings. The second-order valence-electron chi connectivity index (χ2n) is 4.55. The second kappa shape index (κ2) is 8.01. The fourth-order valence-electron chi connectivity index (χ4n) is 1.78. The van der Waals surface area contributed by atoms with Gasteiger partial charge < -0.3 is 21.5 Å². The van der Waals surface area contributed by atoms with E-state index in [2.05, 4.69) is 10.1 Å². The lowest BCUT2D eigenvalue weighted by Gasteiger charge is -2.18. The van der Waals surface area contributed by atoms with Crippen molar-refractivity contribution in [3.63, 3.8) is 0 Å². The number of carbonyl (C=O) groups is 3. The van der Waals surface area contributed by atoms with Crippen LogP contribution in [-0.2, 0) is 25.5 Å². The number of hydrogen-bond acceptors (Lipinski definition) is 5. The number of rotatable bonds is 7. The molecule has 2 atom stereocenters. The Morgan fingerprint density at radius 1 is 1.24 bits per heavy atom. The molecule has 1 rings (SSSR count). The van der Waals surface area contributed by atoms with Crippen LogP contribution in [0.1, 0.15) is 12.0 Å². The van der Waals surface area contributed by atoms with Crippen molar-refractivity contribution in [3.05, 3.63) is 35.9 Å². The van der Waals surface area contributed by atoms with Crippen LogP contribution in [0.5, 0.6) is 0 Å². The van der Waals surface area contributed by atoms with Crippen LogP contribution < -0.4 is 16.8 Å². The van der Waals surface area contributed by atoms with Crippen molar-refractivity contribution >= 4 is 17.8 Å². The maximum absolute atomic E-state index is 12.0. The van der Waals surface area contributed by atoms with Crippen molar-refractivity contribution < 1.29 is 19.1 Å². The standard InChI is InChI=1S/C14H19N3O4/c1-21-14(20)11(8-12(16)18)17-13(19)10(15)7-9-5-3-2-4-6-9/h2-6,10-11H,7-8,15H2,1H3,(H2,16,18)(H,17,19)/t10-,11-/m0/s1. The van der Waals surface area contributed by atoms with Gasteiger partial charge in [0.25, 0.3) is 0 Å². The molecule has 7 heteroatoms. The Hall–Kier alpha value is -2.41. The third kappa shape index (κ3) is 5.62. The maximum Gasteiger partial charge on any atom is 0.328 e. The van der Waals surface area contributed by atoms with Gasteiger partial charge in [0.2, 0.25) is 11.8 Å². The first kappa shape index (κ1) is 16.6. The molecule has 0 aromatic heterocycles. The van der Waals surface area contributed by atoms with Gasteiger partial charge in [-0.25, -0.2) is 4.79 Å². The number of benzene rings is 1. The smallest absolute Gasteiger partial charge is 0.328 e. The number of primary amides is 1. The lowest BCUT2D eigenvalue weighted by atomic mass is 10.1. The Kier molecular flexibility index (Phi) is 6.35. The van der Waals surface area contributed by atoms with Crippen molar-refractivity contribution in [2.24, 2.45) is 11.5 Å². The van der Waals surface area contributed by atoms with Crippen LogP contribution in [0.4, 0.5) is 0 Å². The SMILES string of the molecule is COC(=O)[C@H](CC(N)=O)NC(=O)[C@@H](N)Cc1ccccc1. The van der Waals surface area contributed by atoms with Crippen LogP contribution in [-0.4, -0.2) is 37.0 Å². The summed E-state index contributed by atoms with van der Waals surface area (Å²) in [5, 5.41) is 2.38. The molecule has 0 spiro atoms. The molecule has 0 aliphatic carbocycles. The van der Waals surface area contributed by atoms with Crippen LogP contribution in [0.2, 0.25) is 0 Å². The summed E-state index contributed by atoms with van der Waals surface area (Å²) in [6.45, 7) is 0. The summed E-state index contributed by atoms with van der Waals surface area (Å²) in [4.78, 5) is 34.3. The first-order chi connectivity index (χ1) is 9.93. The Balaban J connectivity index is 2.63.